The molecule has 0 saturated carbocycles. The fourth-order valence-electron chi connectivity index (χ4n) is 2.53. The highest BCUT2D eigenvalue weighted by Crippen LogP contribution is 2.27. The summed E-state index contributed by atoms with van der Waals surface area (Å²) in [7, 11) is 0. The number of rotatable bonds is 4. The molecule has 4 nitrogen and oxygen atoms in total. The van der Waals surface area contributed by atoms with Crippen LogP contribution in [0.2, 0.25) is 5.02 Å². The second-order valence-electron chi connectivity index (χ2n) is 7.29. The van der Waals surface area contributed by atoms with Crippen LogP contribution in [0.5, 0.6) is 0 Å². The van der Waals surface area contributed by atoms with E-state index in [9.17, 15) is 0 Å². The summed E-state index contributed by atoms with van der Waals surface area (Å²) in [6.07, 6.45) is 0. The number of benzene rings is 2. The molecule has 0 aliphatic heterocycles. The second kappa shape index (κ2) is 7.34. The Balaban J connectivity index is 2.03. The van der Waals surface area contributed by atoms with E-state index < -0.39 is 0 Å². The summed E-state index contributed by atoms with van der Waals surface area (Å²) in [5.41, 5.74) is 3.78. The maximum atomic E-state index is 6.14. The standard InChI is InChI=1S/C21H23ClN4/c1-14-10-11-16(22)12-17(14)23-19-13-18(15-8-6-5-7-9-15)24-20(25-19)26-21(2,3)4/h5-13H,1-4H3,(H2,23,24,25,26). The van der Waals surface area contributed by atoms with E-state index in [4.69, 9.17) is 11.6 Å². The van der Waals surface area contributed by atoms with Crippen molar-refractivity contribution < 1.29 is 0 Å². The van der Waals surface area contributed by atoms with Gasteiger partial charge in [0, 0.05) is 27.9 Å². The number of hydrogen-bond acceptors (Lipinski definition) is 4. The molecule has 5 heteroatoms. The normalized spacial score (nSPS) is 11.3. The quantitative estimate of drug-likeness (QED) is 0.589. The van der Waals surface area contributed by atoms with Gasteiger partial charge >= 0.3 is 0 Å². The first-order valence-corrected chi connectivity index (χ1v) is 8.94. The maximum absolute atomic E-state index is 6.14. The summed E-state index contributed by atoms with van der Waals surface area (Å²) in [6, 6.07) is 17.8. The number of aryl methyl sites for hydroxylation is 1. The summed E-state index contributed by atoms with van der Waals surface area (Å²) in [5.74, 6) is 1.30. The van der Waals surface area contributed by atoms with Crippen molar-refractivity contribution in [2.45, 2.75) is 33.2 Å². The van der Waals surface area contributed by atoms with E-state index in [1.807, 2.05) is 61.5 Å². The average Bonchev–Trinajstić information content (AvgIpc) is 2.57. The van der Waals surface area contributed by atoms with Crippen LogP contribution in [0.1, 0.15) is 26.3 Å². The van der Waals surface area contributed by atoms with Gasteiger partial charge < -0.3 is 10.6 Å². The number of aromatic nitrogens is 2. The molecular weight excluding hydrogens is 344 g/mol. The molecule has 0 unspecified atom stereocenters. The van der Waals surface area contributed by atoms with Crippen molar-refractivity contribution in [3.8, 4) is 11.3 Å². The van der Waals surface area contributed by atoms with Crippen molar-refractivity contribution in [2.24, 2.45) is 0 Å². The van der Waals surface area contributed by atoms with E-state index in [2.05, 4.69) is 41.4 Å². The van der Waals surface area contributed by atoms with Gasteiger partial charge in [0.1, 0.15) is 5.82 Å². The topological polar surface area (TPSA) is 49.8 Å². The number of nitrogens with one attached hydrogen (secondary N) is 2. The van der Waals surface area contributed by atoms with Gasteiger partial charge in [0.2, 0.25) is 5.95 Å². The highest BCUT2D eigenvalue weighted by Gasteiger charge is 2.14. The molecule has 26 heavy (non-hydrogen) atoms. The van der Waals surface area contributed by atoms with Crippen molar-refractivity contribution >= 4 is 29.1 Å². The monoisotopic (exact) mass is 366 g/mol. The molecule has 2 aromatic carbocycles. The van der Waals surface area contributed by atoms with Crippen LogP contribution in [0.4, 0.5) is 17.5 Å². The lowest BCUT2D eigenvalue weighted by Gasteiger charge is -2.21. The number of hydrogen-bond donors (Lipinski definition) is 2. The molecule has 0 spiro atoms. The van der Waals surface area contributed by atoms with Crippen LogP contribution in [0.15, 0.2) is 54.6 Å². The fraction of sp³-hybridized carbons (Fsp3) is 0.238. The van der Waals surface area contributed by atoms with Crippen LogP contribution in [-0.4, -0.2) is 15.5 Å². The predicted molar refractivity (Wildman–Crippen MR) is 110 cm³/mol. The van der Waals surface area contributed by atoms with E-state index in [-0.39, 0.29) is 5.54 Å². The summed E-state index contributed by atoms with van der Waals surface area (Å²) >= 11 is 6.14. The highest BCUT2D eigenvalue weighted by atomic mass is 35.5. The Morgan fingerprint density at radius 3 is 2.35 bits per heavy atom. The third kappa shape index (κ3) is 4.73. The third-order valence-electron chi connectivity index (χ3n) is 3.74. The molecule has 1 aromatic heterocycles. The summed E-state index contributed by atoms with van der Waals surface area (Å²) < 4.78 is 0. The summed E-state index contributed by atoms with van der Waals surface area (Å²) in [5, 5.41) is 7.41. The molecule has 0 aliphatic rings. The smallest absolute Gasteiger partial charge is 0.225 e. The largest absolute Gasteiger partial charge is 0.350 e. The molecule has 2 N–H and O–H groups in total. The lowest BCUT2D eigenvalue weighted by atomic mass is 10.1. The molecule has 0 amide bonds. The van der Waals surface area contributed by atoms with Crippen LogP contribution < -0.4 is 10.6 Å². The summed E-state index contributed by atoms with van der Waals surface area (Å²) in [4.78, 5) is 9.32. The van der Waals surface area contributed by atoms with Crippen molar-refractivity contribution in [1.29, 1.82) is 0 Å². The lowest BCUT2D eigenvalue weighted by Crippen LogP contribution is -2.27. The van der Waals surface area contributed by atoms with Crippen LogP contribution in [0.3, 0.4) is 0 Å². The second-order valence-corrected chi connectivity index (χ2v) is 7.72. The molecule has 0 saturated heterocycles. The van der Waals surface area contributed by atoms with E-state index in [1.165, 1.54) is 0 Å². The Morgan fingerprint density at radius 1 is 0.923 bits per heavy atom. The van der Waals surface area contributed by atoms with Crippen LogP contribution >= 0.6 is 11.6 Å². The molecule has 3 aromatic rings. The van der Waals surface area contributed by atoms with E-state index in [0.717, 1.165) is 28.3 Å². The third-order valence-corrected chi connectivity index (χ3v) is 3.98. The van der Waals surface area contributed by atoms with Gasteiger partial charge in [-0.1, -0.05) is 48.0 Å². The highest BCUT2D eigenvalue weighted by molar-refractivity contribution is 6.30. The van der Waals surface area contributed by atoms with Gasteiger partial charge in [0.15, 0.2) is 0 Å². The van der Waals surface area contributed by atoms with E-state index in [0.29, 0.717) is 11.0 Å². The molecule has 0 aliphatic carbocycles. The fourth-order valence-corrected chi connectivity index (χ4v) is 2.70. The molecule has 0 atom stereocenters. The minimum absolute atomic E-state index is 0.140. The Kier molecular flexibility index (Phi) is 5.14. The van der Waals surface area contributed by atoms with Crippen LogP contribution in [0, 0.1) is 6.92 Å². The van der Waals surface area contributed by atoms with Gasteiger partial charge in [-0.05, 0) is 45.4 Å². The zero-order valence-corrected chi connectivity index (χ0v) is 16.2. The molecular formula is C21H23ClN4. The summed E-state index contributed by atoms with van der Waals surface area (Å²) in [6.45, 7) is 8.28. The SMILES string of the molecule is Cc1ccc(Cl)cc1Nc1cc(-c2ccccc2)nc(NC(C)(C)C)n1. The van der Waals surface area contributed by atoms with Gasteiger partial charge in [0.05, 0.1) is 5.69 Å². The predicted octanol–water partition coefficient (Wildman–Crippen LogP) is 6.06. The average molecular weight is 367 g/mol. The van der Waals surface area contributed by atoms with Gasteiger partial charge in [-0.25, -0.2) is 4.98 Å². The van der Waals surface area contributed by atoms with Crippen LogP contribution in [-0.2, 0) is 0 Å². The first-order chi connectivity index (χ1) is 12.3. The van der Waals surface area contributed by atoms with Crippen molar-refractivity contribution in [3.63, 3.8) is 0 Å². The van der Waals surface area contributed by atoms with Crippen molar-refractivity contribution in [3.05, 3.63) is 65.2 Å². The first-order valence-electron chi connectivity index (χ1n) is 8.56. The van der Waals surface area contributed by atoms with E-state index in [1.54, 1.807) is 0 Å². The molecule has 0 fully saturated rings. The van der Waals surface area contributed by atoms with E-state index >= 15 is 0 Å². The van der Waals surface area contributed by atoms with Gasteiger partial charge in [-0.15, -0.1) is 0 Å². The first kappa shape index (κ1) is 18.2. The van der Waals surface area contributed by atoms with Gasteiger partial charge in [0.25, 0.3) is 0 Å². The lowest BCUT2D eigenvalue weighted by molar-refractivity contribution is 0.626. The van der Waals surface area contributed by atoms with Crippen molar-refractivity contribution in [1.82, 2.24) is 9.97 Å². The molecule has 3 rings (SSSR count). The van der Waals surface area contributed by atoms with Gasteiger partial charge in [-0.2, -0.15) is 4.98 Å². The van der Waals surface area contributed by atoms with Gasteiger partial charge in [-0.3, -0.25) is 0 Å². The molecule has 0 bridgehead atoms. The number of nitrogens with zero attached hydrogens (tertiary/aromatic N) is 2. The Labute approximate surface area is 159 Å². The minimum Gasteiger partial charge on any atom is -0.350 e. The van der Waals surface area contributed by atoms with Crippen LogP contribution in [0.25, 0.3) is 11.3 Å². The Bertz CT molecular complexity index is 902. The minimum atomic E-state index is -0.140. The zero-order valence-electron chi connectivity index (χ0n) is 15.5. The maximum Gasteiger partial charge on any atom is 0.225 e. The Hall–Kier alpha value is -2.59. The Morgan fingerprint density at radius 2 is 1.65 bits per heavy atom. The molecule has 1 heterocycles. The van der Waals surface area contributed by atoms with Crippen molar-refractivity contribution in [2.75, 3.05) is 10.6 Å². The number of anilines is 3. The molecule has 0 radical (unpaired) electrons. The zero-order chi connectivity index (χ0) is 18.7. The number of halogens is 1. The molecule has 134 valence electrons.